The summed E-state index contributed by atoms with van der Waals surface area (Å²) in [6.07, 6.45) is 8.30. The van der Waals surface area contributed by atoms with Gasteiger partial charge in [-0.1, -0.05) is 23.7 Å². The number of benzene rings is 1. The summed E-state index contributed by atoms with van der Waals surface area (Å²) in [5.41, 5.74) is 5.58. The predicted octanol–water partition coefficient (Wildman–Crippen LogP) is 4.97. The molecule has 0 aliphatic heterocycles. The van der Waals surface area contributed by atoms with Crippen molar-refractivity contribution in [3.05, 3.63) is 82.9 Å². The van der Waals surface area contributed by atoms with E-state index < -0.39 is 0 Å². The Balaban J connectivity index is 1.74. The van der Waals surface area contributed by atoms with E-state index in [9.17, 15) is 0 Å². The molecule has 6 heteroatoms. The lowest BCUT2D eigenvalue weighted by Crippen LogP contribution is -2.20. The molecule has 156 valence electrons. The molecule has 0 saturated carbocycles. The van der Waals surface area contributed by atoms with Gasteiger partial charge in [0.2, 0.25) is 5.88 Å². The quantitative estimate of drug-likeness (QED) is 0.447. The number of rotatable bonds is 5. The zero-order valence-electron chi connectivity index (χ0n) is 17.5. The maximum absolute atomic E-state index is 6.36. The molecule has 0 N–H and O–H groups in total. The number of fused-ring (bicyclic) bond motifs is 5. The van der Waals surface area contributed by atoms with Crippen LogP contribution in [0, 0.1) is 0 Å². The Kier molecular flexibility index (Phi) is 5.30. The van der Waals surface area contributed by atoms with Crippen LogP contribution in [-0.4, -0.2) is 47.1 Å². The molecule has 1 unspecified atom stereocenters. The highest BCUT2D eigenvalue weighted by Crippen LogP contribution is 2.46. The van der Waals surface area contributed by atoms with E-state index in [0.29, 0.717) is 12.5 Å². The lowest BCUT2D eigenvalue weighted by Gasteiger charge is -2.29. The number of aromatic nitrogens is 3. The van der Waals surface area contributed by atoms with Gasteiger partial charge in [-0.2, -0.15) is 0 Å². The third kappa shape index (κ3) is 3.75. The first-order valence-electron chi connectivity index (χ1n) is 10.4. The summed E-state index contributed by atoms with van der Waals surface area (Å²) in [6, 6.07) is 12.3. The smallest absolute Gasteiger partial charge is 0.223 e. The van der Waals surface area contributed by atoms with Gasteiger partial charge in [-0.3, -0.25) is 9.97 Å². The van der Waals surface area contributed by atoms with Gasteiger partial charge in [0.15, 0.2) is 0 Å². The van der Waals surface area contributed by atoms with Gasteiger partial charge in [-0.05, 0) is 66.9 Å². The van der Waals surface area contributed by atoms with Crippen molar-refractivity contribution in [1.82, 2.24) is 19.9 Å². The van der Waals surface area contributed by atoms with Crippen molar-refractivity contribution >= 4 is 22.4 Å². The summed E-state index contributed by atoms with van der Waals surface area (Å²) in [7, 11) is 4.06. The van der Waals surface area contributed by atoms with Gasteiger partial charge in [0.25, 0.3) is 0 Å². The maximum Gasteiger partial charge on any atom is 0.223 e. The van der Waals surface area contributed by atoms with Crippen LogP contribution in [0.5, 0.6) is 5.88 Å². The molecule has 0 fully saturated rings. The first-order valence-corrected chi connectivity index (χ1v) is 10.7. The zero-order chi connectivity index (χ0) is 21.4. The van der Waals surface area contributed by atoms with Crippen LogP contribution in [0.15, 0.2) is 61.2 Å². The Labute approximate surface area is 186 Å². The number of pyridine rings is 3. The maximum atomic E-state index is 6.36. The van der Waals surface area contributed by atoms with Crippen LogP contribution in [0.2, 0.25) is 5.02 Å². The van der Waals surface area contributed by atoms with Gasteiger partial charge in [-0.15, -0.1) is 0 Å². The first kappa shape index (κ1) is 19.9. The molecule has 5 nitrogen and oxygen atoms in total. The highest BCUT2D eigenvalue weighted by molar-refractivity contribution is 6.30. The van der Waals surface area contributed by atoms with E-state index in [2.05, 4.69) is 39.1 Å². The summed E-state index contributed by atoms with van der Waals surface area (Å²) in [5.74, 6) is 0.752. The van der Waals surface area contributed by atoms with Gasteiger partial charge in [-0.25, -0.2) is 4.98 Å². The number of ether oxygens (including phenoxy) is 1. The fourth-order valence-electron chi connectivity index (χ4n) is 4.29. The van der Waals surface area contributed by atoms with Crippen LogP contribution in [0.1, 0.15) is 22.6 Å². The standard InChI is InChI=1S/C25H23ClN4O/c1-30(2)10-11-31-25-22-15-28-9-7-19(22)23-20(16-4-3-5-18(26)12-16)13-17-6-8-27-14-21(17)24(23)29-25/h3-9,12,14-15,20H,10-11,13H2,1-2H3. The van der Waals surface area contributed by atoms with E-state index in [1.54, 1.807) is 0 Å². The summed E-state index contributed by atoms with van der Waals surface area (Å²) in [5, 5.41) is 2.78. The molecule has 1 atom stereocenters. The van der Waals surface area contributed by atoms with Crippen LogP contribution in [0.3, 0.4) is 0 Å². The minimum atomic E-state index is 0.136. The average Bonchev–Trinajstić information content (AvgIpc) is 2.78. The Morgan fingerprint density at radius 1 is 1.06 bits per heavy atom. The summed E-state index contributed by atoms with van der Waals surface area (Å²) in [4.78, 5) is 15.9. The number of nitrogens with zero attached hydrogens (tertiary/aromatic N) is 4. The van der Waals surface area contributed by atoms with E-state index in [0.717, 1.165) is 40.0 Å². The number of hydrogen-bond acceptors (Lipinski definition) is 5. The molecule has 0 radical (unpaired) electrons. The highest BCUT2D eigenvalue weighted by Gasteiger charge is 2.30. The van der Waals surface area contributed by atoms with Gasteiger partial charge < -0.3 is 9.64 Å². The largest absolute Gasteiger partial charge is 0.476 e. The fourth-order valence-corrected chi connectivity index (χ4v) is 4.49. The van der Waals surface area contributed by atoms with Crippen molar-refractivity contribution < 1.29 is 4.74 Å². The van der Waals surface area contributed by atoms with Crippen molar-refractivity contribution in [3.8, 4) is 17.1 Å². The predicted molar refractivity (Wildman–Crippen MR) is 124 cm³/mol. The molecule has 1 aliphatic carbocycles. The lowest BCUT2D eigenvalue weighted by atomic mass is 9.76. The third-order valence-electron chi connectivity index (χ3n) is 5.78. The van der Waals surface area contributed by atoms with Gasteiger partial charge in [0, 0.05) is 47.8 Å². The Bertz CT molecular complexity index is 1260. The molecule has 5 rings (SSSR count). The van der Waals surface area contributed by atoms with Crippen LogP contribution in [0.4, 0.5) is 0 Å². The summed E-state index contributed by atoms with van der Waals surface area (Å²) in [6.45, 7) is 1.37. The van der Waals surface area contributed by atoms with Crippen LogP contribution in [-0.2, 0) is 6.42 Å². The van der Waals surface area contributed by atoms with Gasteiger partial charge >= 0.3 is 0 Å². The molecular formula is C25H23ClN4O. The molecule has 4 aromatic rings. The molecule has 0 spiro atoms. The number of halogens is 1. The normalized spacial score (nSPS) is 15.0. The Morgan fingerprint density at radius 3 is 2.74 bits per heavy atom. The monoisotopic (exact) mass is 430 g/mol. The molecule has 3 heterocycles. The zero-order valence-corrected chi connectivity index (χ0v) is 18.3. The molecule has 1 aromatic carbocycles. The van der Waals surface area contributed by atoms with Crippen LogP contribution >= 0.6 is 11.6 Å². The molecule has 0 saturated heterocycles. The van der Waals surface area contributed by atoms with Gasteiger partial charge in [0.05, 0.1) is 11.1 Å². The fraction of sp³-hybridized carbons (Fsp3) is 0.240. The van der Waals surface area contributed by atoms with E-state index in [-0.39, 0.29) is 5.92 Å². The Morgan fingerprint density at radius 2 is 1.90 bits per heavy atom. The van der Waals surface area contributed by atoms with Crippen molar-refractivity contribution in [2.75, 3.05) is 27.2 Å². The second kappa shape index (κ2) is 8.25. The minimum Gasteiger partial charge on any atom is -0.476 e. The summed E-state index contributed by atoms with van der Waals surface area (Å²) >= 11 is 6.36. The van der Waals surface area contributed by atoms with E-state index in [1.807, 2.05) is 51.0 Å². The van der Waals surface area contributed by atoms with Crippen molar-refractivity contribution in [1.29, 1.82) is 0 Å². The average molecular weight is 431 g/mol. The molecule has 3 aromatic heterocycles. The summed E-state index contributed by atoms with van der Waals surface area (Å²) < 4.78 is 6.14. The van der Waals surface area contributed by atoms with E-state index in [1.165, 1.54) is 16.7 Å². The van der Waals surface area contributed by atoms with Crippen molar-refractivity contribution in [2.24, 2.45) is 0 Å². The molecule has 31 heavy (non-hydrogen) atoms. The van der Waals surface area contributed by atoms with E-state index in [4.69, 9.17) is 21.3 Å². The second-order valence-electron chi connectivity index (χ2n) is 8.10. The third-order valence-corrected chi connectivity index (χ3v) is 6.01. The molecule has 0 bridgehead atoms. The number of likely N-dealkylation sites (N-methyl/N-ethyl adjacent to an activating group) is 1. The van der Waals surface area contributed by atoms with Gasteiger partial charge in [0.1, 0.15) is 6.61 Å². The first-order chi connectivity index (χ1) is 15.1. The SMILES string of the molecule is CN(C)CCOc1nc2c(c3ccncc13)C(c1cccc(Cl)c1)Cc1ccncc1-2. The molecular weight excluding hydrogens is 408 g/mol. The van der Waals surface area contributed by atoms with Crippen molar-refractivity contribution in [3.63, 3.8) is 0 Å². The lowest BCUT2D eigenvalue weighted by molar-refractivity contribution is 0.256. The number of hydrogen-bond donors (Lipinski definition) is 0. The van der Waals surface area contributed by atoms with E-state index >= 15 is 0 Å². The second-order valence-corrected chi connectivity index (χ2v) is 8.53. The minimum absolute atomic E-state index is 0.136. The topological polar surface area (TPSA) is 51.1 Å². The van der Waals surface area contributed by atoms with Crippen LogP contribution in [0.25, 0.3) is 22.0 Å². The molecule has 1 aliphatic rings. The molecule has 0 amide bonds. The highest BCUT2D eigenvalue weighted by atomic mass is 35.5. The van der Waals surface area contributed by atoms with Crippen LogP contribution < -0.4 is 4.74 Å². The Hall–Kier alpha value is -3.02. The van der Waals surface area contributed by atoms with Crippen molar-refractivity contribution in [2.45, 2.75) is 12.3 Å².